The molecular weight excluding hydrogens is 139 g/mol. The lowest BCUT2D eigenvalue weighted by atomic mass is 10.0. The van der Waals surface area contributed by atoms with E-state index >= 15 is 0 Å². The van der Waals surface area contributed by atoms with Gasteiger partial charge < -0.3 is 14.9 Å². The Morgan fingerprint density at radius 1 is 1.40 bits per heavy atom. The molecular formula is C6H11FO3. The van der Waals surface area contributed by atoms with E-state index in [9.17, 15) is 4.39 Å². The fourth-order valence-electron chi connectivity index (χ4n) is 0.932. The molecule has 1 aliphatic heterocycles. The average Bonchev–Trinajstić information content (AvgIpc) is 1.84. The number of hydrogen-bond acceptors (Lipinski definition) is 3. The van der Waals surface area contributed by atoms with Gasteiger partial charge in [-0.05, 0) is 6.92 Å². The van der Waals surface area contributed by atoms with E-state index in [0.29, 0.717) is 0 Å². The molecule has 1 aliphatic rings. The van der Waals surface area contributed by atoms with Crippen LogP contribution in [0.2, 0.25) is 0 Å². The molecule has 10 heavy (non-hydrogen) atoms. The Labute approximate surface area is 58.4 Å². The maximum absolute atomic E-state index is 12.4. The minimum absolute atomic E-state index is 0.0579. The maximum atomic E-state index is 12.4. The molecule has 0 radical (unpaired) electrons. The van der Waals surface area contributed by atoms with Crippen LogP contribution in [-0.2, 0) is 4.74 Å². The average molecular weight is 150 g/mol. The summed E-state index contributed by atoms with van der Waals surface area (Å²) in [6.07, 6.45) is -4.02. The Balaban J connectivity index is 2.46. The minimum atomic E-state index is -1.64. The van der Waals surface area contributed by atoms with Crippen LogP contribution in [0.15, 0.2) is 0 Å². The SMILES string of the molecule is C[C@H]1OC(F)[C@H](O)C[C@@H]1O. The largest absolute Gasteiger partial charge is 0.390 e. The number of ether oxygens (including phenoxy) is 1. The molecule has 0 aromatic carbocycles. The molecule has 4 heteroatoms. The van der Waals surface area contributed by atoms with Gasteiger partial charge in [-0.15, -0.1) is 0 Å². The number of hydrogen-bond donors (Lipinski definition) is 2. The van der Waals surface area contributed by atoms with E-state index in [4.69, 9.17) is 10.2 Å². The van der Waals surface area contributed by atoms with Crippen molar-refractivity contribution in [1.29, 1.82) is 0 Å². The van der Waals surface area contributed by atoms with Gasteiger partial charge in [0.25, 0.3) is 0 Å². The Hall–Kier alpha value is -0.190. The van der Waals surface area contributed by atoms with Crippen molar-refractivity contribution in [3.63, 3.8) is 0 Å². The highest BCUT2D eigenvalue weighted by atomic mass is 19.1. The minimum Gasteiger partial charge on any atom is -0.390 e. The van der Waals surface area contributed by atoms with Crippen molar-refractivity contribution in [2.45, 2.75) is 38.0 Å². The van der Waals surface area contributed by atoms with Crippen molar-refractivity contribution in [3.05, 3.63) is 0 Å². The van der Waals surface area contributed by atoms with Crippen LogP contribution in [0.4, 0.5) is 4.39 Å². The maximum Gasteiger partial charge on any atom is 0.225 e. The quantitative estimate of drug-likeness (QED) is 0.503. The first kappa shape index (κ1) is 7.91. The van der Waals surface area contributed by atoms with E-state index in [1.807, 2.05) is 0 Å². The van der Waals surface area contributed by atoms with Gasteiger partial charge in [-0.1, -0.05) is 0 Å². The summed E-state index contributed by atoms with van der Waals surface area (Å²) in [4.78, 5) is 0. The molecule has 1 rings (SSSR count). The highest BCUT2D eigenvalue weighted by Crippen LogP contribution is 2.20. The zero-order valence-corrected chi connectivity index (χ0v) is 5.70. The van der Waals surface area contributed by atoms with Crippen molar-refractivity contribution < 1.29 is 19.3 Å². The highest BCUT2D eigenvalue weighted by Gasteiger charge is 2.33. The second kappa shape index (κ2) is 2.82. The molecule has 0 aromatic heterocycles. The molecule has 3 nitrogen and oxygen atoms in total. The summed E-state index contributed by atoms with van der Waals surface area (Å²) in [5, 5.41) is 17.8. The van der Waals surface area contributed by atoms with Gasteiger partial charge in [-0.2, -0.15) is 0 Å². The Morgan fingerprint density at radius 3 is 2.50 bits per heavy atom. The lowest BCUT2D eigenvalue weighted by Gasteiger charge is -2.31. The molecule has 60 valence electrons. The molecule has 0 aromatic rings. The fraction of sp³-hybridized carbons (Fsp3) is 1.00. The van der Waals surface area contributed by atoms with E-state index in [2.05, 4.69) is 4.74 Å². The van der Waals surface area contributed by atoms with E-state index < -0.39 is 24.7 Å². The van der Waals surface area contributed by atoms with Crippen LogP contribution in [-0.4, -0.2) is 34.9 Å². The summed E-state index contributed by atoms with van der Waals surface area (Å²) >= 11 is 0. The normalized spacial score (nSPS) is 49.2. The third-order valence-electron chi connectivity index (χ3n) is 1.67. The van der Waals surface area contributed by atoms with Crippen molar-refractivity contribution in [2.24, 2.45) is 0 Å². The third-order valence-corrected chi connectivity index (χ3v) is 1.67. The number of aliphatic hydroxyl groups is 2. The van der Waals surface area contributed by atoms with Crippen LogP contribution in [0.25, 0.3) is 0 Å². The first-order valence-corrected chi connectivity index (χ1v) is 3.27. The molecule has 1 heterocycles. The zero-order valence-electron chi connectivity index (χ0n) is 5.70. The van der Waals surface area contributed by atoms with Gasteiger partial charge in [0.2, 0.25) is 6.36 Å². The third kappa shape index (κ3) is 1.45. The molecule has 1 unspecified atom stereocenters. The number of alkyl halides is 1. The van der Waals surface area contributed by atoms with Crippen LogP contribution in [0, 0.1) is 0 Å². The molecule has 0 aliphatic carbocycles. The first-order valence-electron chi connectivity index (χ1n) is 3.27. The summed E-state index contributed by atoms with van der Waals surface area (Å²) in [6.45, 7) is 1.57. The summed E-state index contributed by atoms with van der Waals surface area (Å²) < 4.78 is 17.0. The Kier molecular flexibility index (Phi) is 2.23. The Bertz CT molecular complexity index is 93.6. The molecule has 1 saturated heterocycles. The molecule has 0 amide bonds. The first-order chi connectivity index (χ1) is 4.61. The predicted octanol–water partition coefficient (Wildman–Crippen LogP) is -0.187. The van der Waals surface area contributed by atoms with Crippen molar-refractivity contribution in [1.82, 2.24) is 0 Å². The van der Waals surface area contributed by atoms with Crippen molar-refractivity contribution in [2.75, 3.05) is 0 Å². The molecule has 0 bridgehead atoms. The van der Waals surface area contributed by atoms with Crippen LogP contribution in [0.3, 0.4) is 0 Å². The summed E-state index contributed by atoms with van der Waals surface area (Å²) in [5.74, 6) is 0. The van der Waals surface area contributed by atoms with E-state index in [-0.39, 0.29) is 6.42 Å². The van der Waals surface area contributed by atoms with Crippen LogP contribution >= 0.6 is 0 Å². The molecule has 4 atom stereocenters. The van der Waals surface area contributed by atoms with Crippen molar-refractivity contribution >= 4 is 0 Å². The van der Waals surface area contributed by atoms with Gasteiger partial charge in [0.05, 0.1) is 12.2 Å². The van der Waals surface area contributed by atoms with Crippen LogP contribution < -0.4 is 0 Å². The van der Waals surface area contributed by atoms with Gasteiger partial charge >= 0.3 is 0 Å². The lowest BCUT2D eigenvalue weighted by Crippen LogP contribution is -2.43. The zero-order chi connectivity index (χ0) is 7.72. The standard InChI is InChI=1S/C6H11FO3/c1-3-4(8)2-5(9)6(7)10-3/h3-6,8-9H,2H2,1H3/t3-,4+,5-,6?/m1/s1. The van der Waals surface area contributed by atoms with E-state index in [1.165, 1.54) is 0 Å². The van der Waals surface area contributed by atoms with Crippen LogP contribution in [0.1, 0.15) is 13.3 Å². The highest BCUT2D eigenvalue weighted by molar-refractivity contribution is 4.77. The predicted molar refractivity (Wildman–Crippen MR) is 32.1 cm³/mol. The topological polar surface area (TPSA) is 49.7 Å². The second-order valence-electron chi connectivity index (χ2n) is 2.56. The Morgan fingerprint density at radius 2 is 2.00 bits per heavy atom. The molecule has 0 saturated carbocycles. The number of halogens is 1. The molecule has 1 fully saturated rings. The van der Waals surface area contributed by atoms with E-state index in [0.717, 1.165) is 0 Å². The van der Waals surface area contributed by atoms with Gasteiger partial charge in [0.15, 0.2) is 0 Å². The summed E-state index contributed by atoms with van der Waals surface area (Å²) in [6, 6.07) is 0. The summed E-state index contributed by atoms with van der Waals surface area (Å²) in [5.41, 5.74) is 0. The molecule has 0 spiro atoms. The van der Waals surface area contributed by atoms with Gasteiger partial charge in [0.1, 0.15) is 6.10 Å². The second-order valence-corrected chi connectivity index (χ2v) is 2.56. The van der Waals surface area contributed by atoms with E-state index in [1.54, 1.807) is 6.92 Å². The smallest absolute Gasteiger partial charge is 0.225 e. The van der Waals surface area contributed by atoms with Gasteiger partial charge in [-0.25, -0.2) is 4.39 Å². The van der Waals surface area contributed by atoms with Gasteiger partial charge in [-0.3, -0.25) is 0 Å². The molecule has 2 N–H and O–H groups in total. The monoisotopic (exact) mass is 150 g/mol. The van der Waals surface area contributed by atoms with Crippen LogP contribution in [0.5, 0.6) is 0 Å². The van der Waals surface area contributed by atoms with Crippen molar-refractivity contribution in [3.8, 4) is 0 Å². The van der Waals surface area contributed by atoms with Gasteiger partial charge in [0, 0.05) is 6.42 Å². The number of aliphatic hydroxyl groups excluding tert-OH is 2. The summed E-state index contributed by atoms with van der Waals surface area (Å²) in [7, 11) is 0. The number of rotatable bonds is 0. The fourth-order valence-corrected chi connectivity index (χ4v) is 0.932. The lowest BCUT2D eigenvalue weighted by molar-refractivity contribution is -0.208.